The third-order valence-corrected chi connectivity index (χ3v) is 8.03. The van der Waals surface area contributed by atoms with E-state index in [1.165, 1.54) is 10.4 Å². The standard InChI is InChI=1S/C21H24O4Si/c1-21(2,3)20(25-19(24)15-14-18(22)23)26(16-10-6-4-7-11-16)17-12-8-5-9-13-17/h4-15,20,26H,1-3H3,(H,22,23). The van der Waals surface area contributed by atoms with Gasteiger partial charge in [0.2, 0.25) is 0 Å². The Bertz CT molecular complexity index is 724. The Balaban J connectivity index is 2.46. The van der Waals surface area contributed by atoms with E-state index in [2.05, 4.69) is 24.3 Å². The molecular formula is C21H24O4Si. The fourth-order valence-corrected chi connectivity index (χ4v) is 6.54. The number of rotatable bonds is 6. The van der Waals surface area contributed by atoms with Crippen LogP contribution in [0.4, 0.5) is 0 Å². The summed E-state index contributed by atoms with van der Waals surface area (Å²) in [5, 5.41) is 11.1. The van der Waals surface area contributed by atoms with Crippen molar-refractivity contribution in [3.8, 4) is 0 Å². The average Bonchev–Trinajstić information content (AvgIpc) is 2.60. The minimum atomic E-state index is -1.92. The number of benzene rings is 2. The van der Waals surface area contributed by atoms with Crippen molar-refractivity contribution in [1.29, 1.82) is 0 Å². The van der Waals surface area contributed by atoms with Crippen LogP contribution in [0.1, 0.15) is 20.8 Å². The number of carboxylic acid groups (broad SMARTS) is 1. The number of aliphatic carboxylic acids is 1. The Kier molecular flexibility index (Phi) is 6.52. The summed E-state index contributed by atoms with van der Waals surface area (Å²) in [6.45, 7) is 6.12. The molecule has 0 saturated heterocycles. The van der Waals surface area contributed by atoms with E-state index < -0.39 is 20.7 Å². The Morgan fingerprint density at radius 2 is 1.38 bits per heavy atom. The van der Waals surface area contributed by atoms with Crippen LogP contribution < -0.4 is 10.4 Å². The fourth-order valence-electron chi connectivity index (χ4n) is 2.91. The van der Waals surface area contributed by atoms with Gasteiger partial charge in [-0.1, -0.05) is 91.8 Å². The molecule has 0 aliphatic rings. The molecule has 0 fully saturated rings. The normalized spacial score (nSPS) is 12.9. The minimum absolute atomic E-state index is 0.296. The summed E-state index contributed by atoms with van der Waals surface area (Å²) in [4.78, 5) is 22.9. The maximum Gasteiger partial charge on any atom is 0.330 e. The first-order valence-corrected chi connectivity index (χ1v) is 10.3. The van der Waals surface area contributed by atoms with Gasteiger partial charge in [0.05, 0.1) is 0 Å². The number of hydrogen-bond donors (Lipinski definition) is 1. The van der Waals surface area contributed by atoms with Gasteiger partial charge in [-0.05, 0) is 5.41 Å². The molecule has 5 heteroatoms. The molecule has 0 aliphatic carbocycles. The first kappa shape index (κ1) is 19.7. The molecule has 1 unspecified atom stereocenters. The maximum absolute atomic E-state index is 12.2. The Morgan fingerprint density at radius 3 is 1.77 bits per heavy atom. The van der Waals surface area contributed by atoms with E-state index in [0.717, 1.165) is 12.2 Å². The van der Waals surface area contributed by atoms with Gasteiger partial charge < -0.3 is 9.84 Å². The van der Waals surface area contributed by atoms with E-state index in [1.807, 2.05) is 57.2 Å². The van der Waals surface area contributed by atoms with Gasteiger partial charge in [0.1, 0.15) is 14.5 Å². The highest BCUT2D eigenvalue weighted by Gasteiger charge is 2.38. The van der Waals surface area contributed by atoms with Crippen molar-refractivity contribution in [3.05, 3.63) is 72.8 Å². The van der Waals surface area contributed by atoms with E-state index in [9.17, 15) is 9.59 Å². The lowest BCUT2D eigenvalue weighted by atomic mass is 9.98. The van der Waals surface area contributed by atoms with Crippen molar-refractivity contribution in [2.24, 2.45) is 5.41 Å². The van der Waals surface area contributed by atoms with E-state index in [1.54, 1.807) is 0 Å². The molecule has 2 rings (SSSR count). The Hall–Kier alpha value is -2.66. The molecule has 0 heterocycles. The van der Waals surface area contributed by atoms with Crippen molar-refractivity contribution in [1.82, 2.24) is 0 Å². The second-order valence-corrected chi connectivity index (χ2v) is 10.1. The molecule has 0 amide bonds. The van der Waals surface area contributed by atoms with Gasteiger partial charge in [-0.2, -0.15) is 0 Å². The van der Waals surface area contributed by atoms with Gasteiger partial charge in [0.15, 0.2) is 0 Å². The van der Waals surface area contributed by atoms with Gasteiger partial charge in [0, 0.05) is 12.2 Å². The van der Waals surface area contributed by atoms with Crippen LogP contribution in [-0.2, 0) is 14.3 Å². The molecule has 0 saturated carbocycles. The van der Waals surface area contributed by atoms with Crippen molar-refractivity contribution in [3.63, 3.8) is 0 Å². The molecular weight excluding hydrogens is 344 g/mol. The first-order valence-electron chi connectivity index (χ1n) is 8.50. The Labute approximate surface area is 155 Å². The Morgan fingerprint density at radius 1 is 0.923 bits per heavy atom. The van der Waals surface area contributed by atoms with Crippen LogP contribution >= 0.6 is 0 Å². The zero-order chi connectivity index (χ0) is 19.2. The summed E-state index contributed by atoms with van der Waals surface area (Å²) < 4.78 is 5.81. The molecule has 136 valence electrons. The zero-order valence-electron chi connectivity index (χ0n) is 15.3. The van der Waals surface area contributed by atoms with Gasteiger partial charge in [0.25, 0.3) is 0 Å². The van der Waals surface area contributed by atoms with Crippen LogP contribution in [0.5, 0.6) is 0 Å². The monoisotopic (exact) mass is 368 g/mol. The molecule has 0 aliphatic heterocycles. The van der Waals surface area contributed by atoms with Crippen LogP contribution in [0.3, 0.4) is 0 Å². The molecule has 4 nitrogen and oxygen atoms in total. The maximum atomic E-state index is 12.2. The predicted octanol–water partition coefficient (Wildman–Crippen LogP) is 2.17. The van der Waals surface area contributed by atoms with Crippen LogP contribution in [0.2, 0.25) is 0 Å². The van der Waals surface area contributed by atoms with Gasteiger partial charge in [-0.3, -0.25) is 0 Å². The number of hydrogen-bond acceptors (Lipinski definition) is 3. The van der Waals surface area contributed by atoms with Crippen LogP contribution in [0.15, 0.2) is 72.8 Å². The summed E-state index contributed by atoms with van der Waals surface area (Å²) in [5.41, 5.74) is -0.631. The second-order valence-electron chi connectivity index (χ2n) is 7.19. The van der Waals surface area contributed by atoms with Crippen molar-refractivity contribution < 1.29 is 19.4 Å². The molecule has 2 aromatic rings. The van der Waals surface area contributed by atoms with E-state index >= 15 is 0 Å². The molecule has 1 atom stereocenters. The van der Waals surface area contributed by atoms with Crippen LogP contribution in [-0.4, -0.2) is 31.6 Å². The number of ether oxygens (including phenoxy) is 1. The number of carbonyl (C=O) groups excluding carboxylic acids is 1. The molecule has 0 spiro atoms. The van der Waals surface area contributed by atoms with Crippen LogP contribution in [0.25, 0.3) is 0 Å². The summed E-state index contributed by atoms with van der Waals surface area (Å²) in [6.07, 6.45) is 1.78. The molecule has 0 radical (unpaired) electrons. The van der Waals surface area contributed by atoms with Crippen molar-refractivity contribution in [2.75, 3.05) is 0 Å². The lowest BCUT2D eigenvalue weighted by Gasteiger charge is -2.36. The topological polar surface area (TPSA) is 63.6 Å². The number of carbonyl (C=O) groups is 2. The van der Waals surface area contributed by atoms with E-state index in [0.29, 0.717) is 0 Å². The third kappa shape index (κ3) is 5.42. The quantitative estimate of drug-likeness (QED) is 0.482. The molecule has 2 aromatic carbocycles. The minimum Gasteiger partial charge on any atom is -0.478 e. The highest BCUT2D eigenvalue weighted by molar-refractivity contribution is 6.86. The summed E-state index contributed by atoms with van der Waals surface area (Å²) >= 11 is 0. The highest BCUT2D eigenvalue weighted by Crippen LogP contribution is 2.25. The summed E-state index contributed by atoms with van der Waals surface area (Å²) in [5.74, 6) is -1.80. The third-order valence-electron chi connectivity index (χ3n) is 4.08. The molecule has 0 bridgehead atoms. The lowest BCUT2D eigenvalue weighted by molar-refractivity contribution is -0.143. The molecule has 26 heavy (non-hydrogen) atoms. The smallest absolute Gasteiger partial charge is 0.330 e. The average molecular weight is 369 g/mol. The number of esters is 1. The summed E-state index contributed by atoms with van der Waals surface area (Å²) in [7, 11) is -1.92. The lowest BCUT2D eigenvalue weighted by Crippen LogP contribution is -2.58. The summed E-state index contributed by atoms with van der Waals surface area (Å²) in [6, 6.07) is 20.2. The second kappa shape index (κ2) is 8.63. The van der Waals surface area contributed by atoms with Crippen molar-refractivity contribution >= 4 is 31.1 Å². The van der Waals surface area contributed by atoms with E-state index in [4.69, 9.17) is 9.84 Å². The molecule has 1 N–H and O–H groups in total. The number of carboxylic acids is 1. The fraction of sp³-hybridized carbons (Fsp3) is 0.238. The largest absolute Gasteiger partial charge is 0.478 e. The van der Waals surface area contributed by atoms with Gasteiger partial charge in [-0.15, -0.1) is 0 Å². The first-order chi connectivity index (χ1) is 12.3. The van der Waals surface area contributed by atoms with Crippen molar-refractivity contribution in [2.45, 2.75) is 26.5 Å². The predicted molar refractivity (Wildman–Crippen MR) is 105 cm³/mol. The highest BCUT2D eigenvalue weighted by atomic mass is 28.3. The zero-order valence-corrected chi connectivity index (χ0v) is 16.4. The SMILES string of the molecule is CC(C)(C)C(OC(=O)C=CC(=O)O)[SiH](c1ccccc1)c1ccccc1. The van der Waals surface area contributed by atoms with Crippen LogP contribution in [0, 0.1) is 5.41 Å². The van der Waals surface area contributed by atoms with Gasteiger partial charge >= 0.3 is 11.9 Å². The van der Waals surface area contributed by atoms with Gasteiger partial charge in [-0.25, -0.2) is 9.59 Å². The van der Waals surface area contributed by atoms with E-state index in [-0.39, 0.29) is 11.1 Å². The molecule has 0 aromatic heterocycles.